The van der Waals surface area contributed by atoms with Crippen molar-refractivity contribution in [1.29, 1.82) is 0 Å². The highest BCUT2D eigenvalue weighted by Crippen LogP contribution is 2.34. The number of rotatable bonds is 3. The highest BCUT2D eigenvalue weighted by atomic mass is 32.1. The van der Waals surface area contributed by atoms with E-state index < -0.39 is 0 Å². The predicted molar refractivity (Wildman–Crippen MR) is 80.2 cm³/mol. The second-order valence-electron chi connectivity index (χ2n) is 3.98. The number of benzene rings is 1. The molecule has 0 spiro atoms. The van der Waals surface area contributed by atoms with Gasteiger partial charge in [-0.1, -0.05) is 36.3 Å². The van der Waals surface area contributed by atoms with Crippen LogP contribution in [-0.2, 0) is 0 Å². The average molecular weight is 265 g/mol. The summed E-state index contributed by atoms with van der Waals surface area (Å²) in [5, 5.41) is 4.14. The fourth-order valence-electron chi connectivity index (χ4n) is 1.88. The van der Waals surface area contributed by atoms with E-state index in [0.717, 1.165) is 16.0 Å². The molecule has 3 rings (SSSR count). The zero-order valence-electron chi connectivity index (χ0n) is 10.1. The van der Waals surface area contributed by atoms with Gasteiger partial charge in [0.05, 0.1) is 11.9 Å². The molecule has 0 amide bonds. The van der Waals surface area contributed by atoms with Crippen molar-refractivity contribution in [3.63, 3.8) is 0 Å². The maximum absolute atomic E-state index is 5.26. The van der Waals surface area contributed by atoms with E-state index in [2.05, 4.69) is 39.4 Å². The molecule has 1 N–H and O–H groups in total. The normalized spacial score (nSPS) is 10.3. The van der Waals surface area contributed by atoms with E-state index in [1.54, 1.807) is 17.7 Å². The maximum Gasteiger partial charge on any atom is 0.138 e. The summed E-state index contributed by atoms with van der Waals surface area (Å²) in [4.78, 5) is 10.7. The Balaban J connectivity index is 2.08. The SMILES string of the molecule is C#CCNc1ncnc2sc(-c3ccccc3)cc12. The topological polar surface area (TPSA) is 37.8 Å². The van der Waals surface area contributed by atoms with Crippen LogP contribution in [0.3, 0.4) is 0 Å². The molecule has 0 unspecified atom stereocenters. The number of hydrogen-bond acceptors (Lipinski definition) is 4. The number of thiophene rings is 1. The van der Waals surface area contributed by atoms with Crippen LogP contribution in [0.15, 0.2) is 42.7 Å². The quantitative estimate of drug-likeness (QED) is 0.737. The van der Waals surface area contributed by atoms with Crippen molar-refractivity contribution in [3.05, 3.63) is 42.7 Å². The highest BCUT2D eigenvalue weighted by molar-refractivity contribution is 7.21. The van der Waals surface area contributed by atoms with Crippen LogP contribution in [0.25, 0.3) is 20.7 Å². The second-order valence-corrected chi connectivity index (χ2v) is 5.01. The van der Waals surface area contributed by atoms with Gasteiger partial charge >= 0.3 is 0 Å². The van der Waals surface area contributed by atoms with Crippen LogP contribution in [0.1, 0.15) is 0 Å². The van der Waals surface area contributed by atoms with Crippen LogP contribution >= 0.6 is 11.3 Å². The van der Waals surface area contributed by atoms with Crippen molar-refractivity contribution in [3.8, 4) is 22.8 Å². The lowest BCUT2D eigenvalue weighted by molar-refractivity contribution is 1.20. The number of hydrogen-bond donors (Lipinski definition) is 1. The number of fused-ring (bicyclic) bond motifs is 1. The number of nitrogens with zero attached hydrogens (tertiary/aromatic N) is 2. The molecule has 19 heavy (non-hydrogen) atoms. The fraction of sp³-hybridized carbons (Fsp3) is 0.0667. The summed E-state index contributed by atoms with van der Waals surface area (Å²) < 4.78 is 0. The summed E-state index contributed by atoms with van der Waals surface area (Å²) in [6.07, 6.45) is 6.83. The van der Waals surface area contributed by atoms with Crippen molar-refractivity contribution < 1.29 is 0 Å². The molecule has 0 aliphatic heterocycles. The molecule has 3 nitrogen and oxygen atoms in total. The van der Waals surface area contributed by atoms with Gasteiger partial charge in [0, 0.05) is 4.88 Å². The molecule has 0 saturated carbocycles. The largest absolute Gasteiger partial charge is 0.359 e. The molecule has 2 heterocycles. The average Bonchev–Trinajstić information content (AvgIpc) is 2.90. The number of terminal acetylenes is 1. The van der Waals surface area contributed by atoms with Crippen molar-refractivity contribution in [1.82, 2.24) is 9.97 Å². The summed E-state index contributed by atoms with van der Waals surface area (Å²) in [5.74, 6) is 3.34. The third-order valence-corrected chi connectivity index (χ3v) is 3.84. The van der Waals surface area contributed by atoms with Gasteiger partial charge in [-0.15, -0.1) is 17.8 Å². The van der Waals surface area contributed by atoms with Gasteiger partial charge in [-0.25, -0.2) is 9.97 Å². The first kappa shape index (κ1) is 11.7. The standard InChI is InChI=1S/C15H11N3S/c1-2-8-16-14-12-9-13(11-6-4-3-5-7-11)19-15(12)18-10-17-14/h1,3-7,9-10H,8H2,(H,16,17,18). The molecule has 0 fully saturated rings. The minimum atomic E-state index is 0.461. The fourth-order valence-corrected chi connectivity index (χ4v) is 2.88. The first-order chi connectivity index (χ1) is 9.38. The molecule has 0 aliphatic rings. The molecule has 0 saturated heterocycles. The van der Waals surface area contributed by atoms with E-state index in [0.29, 0.717) is 6.54 Å². The third-order valence-electron chi connectivity index (χ3n) is 2.75. The maximum atomic E-state index is 5.26. The monoisotopic (exact) mass is 265 g/mol. The second kappa shape index (κ2) is 5.09. The number of nitrogens with one attached hydrogen (secondary N) is 1. The van der Waals surface area contributed by atoms with Gasteiger partial charge in [-0.05, 0) is 11.6 Å². The van der Waals surface area contributed by atoms with Crippen molar-refractivity contribution in [2.45, 2.75) is 0 Å². The Morgan fingerprint density at radius 3 is 2.84 bits per heavy atom. The Morgan fingerprint density at radius 1 is 1.21 bits per heavy atom. The Labute approximate surface area is 115 Å². The van der Waals surface area contributed by atoms with Gasteiger partial charge in [-0.3, -0.25) is 0 Å². The first-order valence-electron chi connectivity index (χ1n) is 5.86. The van der Waals surface area contributed by atoms with Crippen LogP contribution in [0.2, 0.25) is 0 Å². The molecule has 2 aromatic heterocycles. The smallest absolute Gasteiger partial charge is 0.138 e. The number of aromatic nitrogens is 2. The van der Waals surface area contributed by atoms with Crippen LogP contribution in [-0.4, -0.2) is 16.5 Å². The summed E-state index contributed by atoms with van der Waals surface area (Å²) in [6.45, 7) is 0.461. The molecule has 0 aliphatic carbocycles. The lowest BCUT2D eigenvalue weighted by atomic mass is 10.2. The summed E-state index contributed by atoms with van der Waals surface area (Å²) in [6, 6.07) is 12.4. The molecule has 0 radical (unpaired) electrons. The summed E-state index contributed by atoms with van der Waals surface area (Å²) in [5.41, 5.74) is 1.19. The Morgan fingerprint density at radius 2 is 2.05 bits per heavy atom. The van der Waals surface area contributed by atoms with Crippen molar-refractivity contribution in [2.24, 2.45) is 0 Å². The molecule has 4 heteroatoms. The molecular weight excluding hydrogens is 254 g/mol. The first-order valence-corrected chi connectivity index (χ1v) is 6.67. The predicted octanol–water partition coefficient (Wildman–Crippen LogP) is 3.40. The Bertz CT molecular complexity index is 741. The lowest BCUT2D eigenvalue weighted by Crippen LogP contribution is -2.00. The molecule has 3 aromatic rings. The molecule has 0 bridgehead atoms. The van der Waals surface area contributed by atoms with Crippen LogP contribution in [0, 0.1) is 12.3 Å². The molecular formula is C15H11N3S. The van der Waals surface area contributed by atoms with Gasteiger partial charge < -0.3 is 5.32 Å². The third kappa shape index (κ3) is 2.28. The summed E-state index contributed by atoms with van der Waals surface area (Å²) in [7, 11) is 0. The zero-order valence-corrected chi connectivity index (χ0v) is 10.9. The highest BCUT2D eigenvalue weighted by Gasteiger charge is 2.09. The van der Waals surface area contributed by atoms with Crippen molar-refractivity contribution >= 4 is 27.4 Å². The Kier molecular flexibility index (Phi) is 3.13. The molecule has 0 atom stereocenters. The zero-order chi connectivity index (χ0) is 13.1. The van der Waals surface area contributed by atoms with E-state index in [1.807, 2.05) is 18.2 Å². The van der Waals surface area contributed by atoms with Gasteiger partial charge in [0.15, 0.2) is 0 Å². The molecule has 92 valence electrons. The summed E-state index contributed by atoms with van der Waals surface area (Å²) >= 11 is 1.66. The van der Waals surface area contributed by atoms with Gasteiger partial charge in [-0.2, -0.15) is 0 Å². The van der Waals surface area contributed by atoms with Crippen molar-refractivity contribution in [2.75, 3.05) is 11.9 Å². The number of anilines is 1. The van der Waals surface area contributed by atoms with E-state index in [4.69, 9.17) is 6.42 Å². The Hall–Kier alpha value is -2.38. The van der Waals surface area contributed by atoms with E-state index in [1.165, 1.54) is 10.4 Å². The van der Waals surface area contributed by atoms with E-state index >= 15 is 0 Å². The van der Waals surface area contributed by atoms with E-state index in [-0.39, 0.29) is 0 Å². The van der Waals surface area contributed by atoms with Crippen LogP contribution in [0.5, 0.6) is 0 Å². The van der Waals surface area contributed by atoms with Gasteiger partial charge in [0.25, 0.3) is 0 Å². The minimum Gasteiger partial charge on any atom is -0.359 e. The minimum absolute atomic E-state index is 0.461. The molecule has 1 aromatic carbocycles. The van der Waals surface area contributed by atoms with E-state index in [9.17, 15) is 0 Å². The van der Waals surface area contributed by atoms with Crippen LogP contribution in [0.4, 0.5) is 5.82 Å². The van der Waals surface area contributed by atoms with Gasteiger partial charge in [0.2, 0.25) is 0 Å². The lowest BCUT2D eigenvalue weighted by Gasteiger charge is -2.01. The van der Waals surface area contributed by atoms with Gasteiger partial charge in [0.1, 0.15) is 17.0 Å². The van der Waals surface area contributed by atoms with Crippen LogP contribution < -0.4 is 5.32 Å².